The fourth-order valence-electron chi connectivity index (χ4n) is 1.45. The smallest absolute Gasteiger partial charge is 0.0644 e. The third-order valence-corrected chi connectivity index (χ3v) is 3.16. The molecule has 0 aliphatic rings. The summed E-state index contributed by atoms with van der Waals surface area (Å²) in [6, 6.07) is 0.459. The molecule has 0 spiro atoms. The van der Waals surface area contributed by atoms with Gasteiger partial charge >= 0.3 is 0 Å². The largest absolute Gasteiger partial charge is 0.380 e. The third-order valence-electron chi connectivity index (χ3n) is 3.16. The van der Waals surface area contributed by atoms with Gasteiger partial charge in [0, 0.05) is 19.8 Å². The molecule has 104 valence electrons. The topological polar surface area (TPSA) is 30.5 Å². The second kappa shape index (κ2) is 8.90. The Hall–Kier alpha value is -0.120. The molecule has 1 atom stereocenters. The molecular formula is C14H31NO2. The molecule has 1 N–H and O–H groups in total. The van der Waals surface area contributed by atoms with Gasteiger partial charge in [-0.1, -0.05) is 20.8 Å². The van der Waals surface area contributed by atoms with E-state index in [1.165, 1.54) is 6.42 Å². The van der Waals surface area contributed by atoms with E-state index in [9.17, 15) is 0 Å². The van der Waals surface area contributed by atoms with Crippen LogP contribution in [0.2, 0.25) is 0 Å². The number of hydrogen-bond acceptors (Lipinski definition) is 3. The maximum atomic E-state index is 5.75. The van der Waals surface area contributed by atoms with E-state index in [0.717, 1.165) is 26.2 Å². The monoisotopic (exact) mass is 245 g/mol. The van der Waals surface area contributed by atoms with Crippen molar-refractivity contribution in [2.45, 2.75) is 59.1 Å². The van der Waals surface area contributed by atoms with E-state index >= 15 is 0 Å². The molecule has 3 heteroatoms. The molecule has 0 heterocycles. The van der Waals surface area contributed by atoms with Crippen LogP contribution < -0.4 is 5.32 Å². The second-order valence-electron chi connectivity index (χ2n) is 5.59. The molecule has 0 fully saturated rings. The van der Waals surface area contributed by atoms with Gasteiger partial charge in [0.25, 0.3) is 0 Å². The van der Waals surface area contributed by atoms with Crippen molar-refractivity contribution in [3.8, 4) is 0 Å². The molecule has 0 aromatic carbocycles. The molecule has 0 amide bonds. The normalized spacial score (nSPS) is 14.3. The Morgan fingerprint density at radius 2 is 1.88 bits per heavy atom. The molecule has 0 aliphatic carbocycles. The number of nitrogens with one attached hydrogen (secondary N) is 1. The lowest BCUT2D eigenvalue weighted by Crippen LogP contribution is -2.38. The van der Waals surface area contributed by atoms with E-state index in [1.807, 2.05) is 0 Å². The summed E-state index contributed by atoms with van der Waals surface area (Å²) in [4.78, 5) is 0. The van der Waals surface area contributed by atoms with Gasteiger partial charge in [-0.05, 0) is 39.2 Å². The van der Waals surface area contributed by atoms with Crippen LogP contribution in [0.5, 0.6) is 0 Å². The maximum absolute atomic E-state index is 5.75. The molecular weight excluding hydrogens is 214 g/mol. The number of ether oxygens (including phenoxy) is 2. The Morgan fingerprint density at radius 1 is 1.24 bits per heavy atom. The van der Waals surface area contributed by atoms with Crippen LogP contribution in [0.4, 0.5) is 0 Å². The van der Waals surface area contributed by atoms with Crippen molar-refractivity contribution in [2.24, 2.45) is 5.92 Å². The predicted octanol–water partition coefficient (Wildman–Crippen LogP) is 2.84. The van der Waals surface area contributed by atoms with E-state index in [2.05, 4.69) is 39.9 Å². The quantitative estimate of drug-likeness (QED) is 0.600. The maximum Gasteiger partial charge on any atom is 0.0644 e. The SMILES string of the molecule is CCCNC(COCCC(C)(C)OC)C(C)C. The lowest BCUT2D eigenvalue weighted by Gasteiger charge is -2.25. The number of methoxy groups -OCH3 is 1. The minimum Gasteiger partial charge on any atom is -0.380 e. The van der Waals surface area contributed by atoms with Gasteiger partial charge < -0.3 is 14.8 Å². The molecule has 0 bridgehead atoms. The van der Waals surface area contributed by atoms with Gasteiger partial charge in [0.1, 0.15) is 0 Å². The van der Waals surface area contributed by atoms with Crippen LogP contribution in [0.25, 0.3) is 0 Å². The first-order valence-corrected chi connectivity index (χ1v) is 6.79. The summed E-state index contributed by atoms with van der Waals surface area (Å²) >= 11 is 0. The Labute approximate surface area is 107 Å². The molecule has 1 unspecified atom stereocenters. The molecule has 0 saturated heterocycles. The van der Waals surface area contributed by atoms with Gasteiger partial charge in [-0.2, -0.15) is 0 Å². The fraction of sp³-hybridized carbons (Fsp3) is 1.00. The van der Waals surface area contributed by atoms with Crippen LogP contribution in [0.15, 0.2) is 0 Å². The number of rotatable bonds is 10. The van der Waals surface area contributed by atoms with E-state index in [0.29, 0.717) is 12.0 Å². The van der Waals surface area contributed by atoms with Gasteiger partial charge in [0.15, 0.2) is 0 Å². The van der Waals surface area contributed by atoms with E-state index < -0.39 is 0 Å². The van der Waals surface area contributed by atoms with Crippen molar-refractivity contribution in [1.82, 2.24) is 5.32 Å². The van der Waals surface area contributed by atoms with Crippen molar-refractivity contribution in [2.75, 3.05) is 26.9 Å². The number of hydrogen-bond donors (Lipinski definition) is 1. The van der Waals surface area contributed by atoms with Gasteiger partial charge in [0.2, 0.25) is 0 Å². The molecule has 0 saturated carbocycles. The summed E-state index contributed by atoms with van der Waals surface area (Å²) in [5.41, 5.74) is -0.0792. The summed E-state index contributed by atoms with van der Waals surface area (Å²) in [5, 5.41) is 3.52. The average molecular weight is 245 g/mol. The van der Waals surface area contributed by atoms with Crippen LogP contribution in [0.3, 0.4) is 0 Å². The van der Waals surface area contributed by atoms with Crippen LogP contribution >= 0.6 is 0 Å². The zero-order valence-corrected chi connectivity index (χ0v) is 12.5. The van der Waals surface area contributed by atoms with Crippen molar-refractivity contribution >= 4 is 0 Å². The lowest BCUT2D eigenvalue weighted by molar-refractivity contribution is -0.0138. The van der Waals surface area contributed by atoms with Crippen molar-refractivity contribution in [3.63, 3.8) is 0 Å². The molecule has 0 rings (SSSR count). The lowest BCUT2D eigenvalue weighted by atomic mass is 10.0. The molecule has 0 aromatic rings. The molecule has 17 heavy (non-hydrogen) atoms. The standard InChI is InChI=1S/C14H31NO2/c1-7-9-15-13(12(2)3)11-17-10-8-14(4,5)16-6/h12-13,15H,7-11H2,1-6H3. The summed E-state index contributed by atoms with van der Waals surface area (Å²) in [7, 11) is 1.75. The van der Waals surface area contributed by atoms with Crippen LogP contribution in [0.1, 0.15) is 47.5 Å². The first-order valence-electron chi connectivity index (χ1n) is 6.79. The average Bonchev–Trinajstić information content (AvgIpc) is 2.27. The molecule has 3 nitrogen and oxygen atoms in total. The van der Waals surface area contributed by atoms with E-state index in [4.69, 9.17) is 9.47 Å². The summed E-state index contributed by atoms with van der Waals surface area (Å²) < 4.78 is 11.1. The van der Waals surface area contributed by atoms with Gasteiger partial charge in [-0.15, -0.1) is 0 Å². The Balaban J connectivity index is 3.75. The van der Waals surface area contributed by atoms with Gasteiger partial charge in [-0.25, -0.2) is 0 Å². The highest BCUT2D eigenvalue weighted by Gasteiger charge is 2.17. The minimum absolute atomic E-state index is 0.0792. The van der Waals surface area contributed by atoms with E-state index in [1.54, 1.807) is 7.11 Å². The highest BCUT2D eigenvalue weighted by molar-refractivity contribution is 4.71. The zero-order chi connectivity index (χ0) is 13.3. The van der Waals surface area contributed by atoms with Gasteiger partial charge in [-0.3, -0.25) is 0 Å². The molecule has 0 aliphatic heterocycles. The van der Waals surface area contributed by atoms with Gasteiger partial charge in [0.05, 0.1) is 12.2 Å². The van der Waals surface area contributed by atoms with Crippen LogP contribution in [0, 0.1) is 5.92 Å². The highest BCUT2D eigenvalue weighted by atomic mass is 16.5. The summed E-state index contributed by atoms with van der Waals surface area (Å²) in [6.07, 6.45) is 2.10. The fourth-order valence-corrected chi connectivity index (χ4v) is 1.45. The first kappa shape index (κ1) is 16.9. The first-order chi connectivity index (χ1) is 7.93. The molecule has 0 aromatic heterocycles. The Kier molecular flexibility index (Phi) is 8.83. The Bertz CT molecular complexity index is 181. The van der Waals surface area contributed by atoms with Crippen molar-refractivity contribution in [1.29, 1.82) is 0 Å². The van der Waals surface area contributed by atoms with Crippen LogP contribution in [-0.4, -0.2) is 38.5 Å². The second-order valence-corrected chi connectivity index (χ2v) is 5.59. The van der Waals surface area contributed by atoms with Crippen LogP contribution in [-0.2, 0) is 9.47 Å². The van der Waals surface area contributed by atoms with E-state index in [-0.39, 0.29) is 5.60 Å². The summed E-state index contributed by atoms with van der Waals surface area (Å²) in [5.74, 6) is 0.608. The minimum atomic E-state index is -0.0792. The zero-order valence-electron chi connectivity index (χ0n) is 12.5. The third kappa shape index (κ3) is 8.58. The predicted molar refractivity (Wildman–Crippen MR) is 73.4 cm³/mol. The summed E-state index contributed by atoms with van der Waals surface area (Å²) in [6.45, 7) is 13.4. The molecule has 0 radical (unpaired) electrons. The van der Waals surface area contributed by atoms with Crippen molar-refractivity contribution < 1.29 is 9.47 Å². The van der Waals surface area contributed by atoms with Crippen molar-refractivity contribution in [3.05, 3.63) is 0 Å². The highest BCUT2D eigenvalue weighted by Crippen LogP contribution is 2.13. The Morgan fingerprint density at radius 3 is 2.35 bits per heavy atom.